The van der Waals surface area contributed by atoms with E-state index in [0.717, 1.165) is 0 Å². The van der Waals surface area contributed by atoms with Gasteiger partial charge in [-0.15, -0.1) is 23.2 Å². The highest BCUT2D eigenvalue weighted by Gasteiger charge is 2.38. The second-order valence-corrected chi connectivity index (χ2v) is 10.2. The molecule has 3 nitrogen and oxygen atoms in total. The van der Waals surface area contributed by atoms with Gasteiger partial charge in [0.05, 0.1) is 0 Å². The molecule has 0 saturated heterocycles. The van der Waals surface area contributed by atoms with Crippen LogP contribution < -0.4 is 5.14 Å². The predicted molar refractivity (Wildman–Crippen MR) is 63.3 cm³/mol. The zero-order valence-corrected chi connectivity index (χ0v) is 12.0. The van der Waals surface area contributed by atoms with Gasteiger partial charge >= 0.3 is 0 Å². The largest absolute Gasteiger partial charge is 0.231 e. The average molecular weight is 372 g/mol. The van der Waals surface area contributed by atoms with Crippen LogP contribution in [0.4, 0.5) is 0 Å². The first-order chi connectivity index (χ1) is 5.57. The number of nitrogens with two attached hydrogens (primary N) is 1. The predicted octanol–water partition coefficient (Wildman–Crippen LogP) is 2.62. The van der Waals surface area contributed by atoms with E-state index in [1.807, 2.05) is 0 Å². The molecule has 80 valence electrons. The Morgan fingerprint density at radius 3 is 2.00 bits per heavy atom. The molecule has 2 N–H and O–H groups in total. The standard InChI is InChI=1S/C3H4BrCl4NO2S2/c4-2(13(9,10)11)12-3(7,8)1(5)6/h1-2H,(H2,9,10,11). The number of alkyl halides is 5. The SMILES string of the molecule is NS(=O)(=O)C(Br)SC(Cl)(Cl)C(Cl)Cl. The Hall–Kier alpha value is 1.90. The van der Waals surface area contributed by atoms with E-state index >= 15 is 0 Å². The number of sulfonamides is 1. The van der Waals surface area contributed by atoms with E-state index < -0.39 is 22.0 Å². The molecule has 0 amide bonds. The van der Waals surface area contributed by atoms with Crippen LogP contribution in [0.25, 0.3) is 0 Å². The summed E-state index contributed by atoms with van der Waals surface area (Å²) in [5.74, 6) is 0. The summed E-state index contributed by atoms with van der Waals surface area (Å²) >= 11 is 25.3. The number of thioether (sulfide) groups is 1. The summed E-state index contributed by atoms with van der Waals surface area (Å²) in [4.78, 5) is -1.14. The fourth-order valence-electron chi connectivity index (χ4n) is 0.242. The van der Waals surface area contributed by atoms with E-state index in [-0.39, 0.29) is 0 Å². The molecule has 0 aromatic heterocycles. The molecule has 0 saturated carbocycles. The Balaban J connectivity index is 4.46. The van der Waals surface area contributed by atoms with E-state index in [4.69, 9.17) is 51.5 Å². The lowest BCUT2D eigenvalue weighted by molar-refractivity contribution is 0.601. The van der Waals surface area contributed by atoms with Crippen LogP contribution in [-0.2, 0) is 10.0 Å². The third-order valence-corrected chi connectivity index (χ3v) is 7.56. The van der Waals surface area contributed by atoms with Crippen LogP contribution >= 0.6 is 74.1 Å². The average Bonchev–Trinajstić information content (AvgIpc) is 1.83. The molecule has 0 aliphatic heterocycles. The van der Waals surface area contributed by atoms with Crippen LogP contribution in [0.5, 0.6) is 0 Å². The maximum absolute atomic E-state index is 10.7. The molecule has 0 aromatic rings. The van der Waals surface area contributed by atoms with Gasteiger partial charge in [0.2, 0.25) is 10.0 Å². The molecule has 0 fully saturated rings. The molecule has 0 rings (SSSR count). The third-order valence-electron chi connectivity index (χ3n) is 0.762. The summed E-state index contributed by atoms with van der Waals surface area (Å²) in [7, 11) is -3.78. The Morgan fingerprint density at radius 2 is 1.77 bits per heavy atom. The van der Waals surface area contributed by atoms with Crippen molar-refractivity contribution < 1.29 is 8.42 Å². The van der Waals surface area contributed by atoms with Gasteiger partial charge in [0.15, 0.2) is 7.16 Å². The quantitative estimate of drug-likeness (QED) is 0.773. The van der Waals surface area contributed by atoms with Crippen molar-refractivity contribution in [1.82, 2.24) is 0 Å². The number of rotatable bonds is 4. The first kappa shape index (κ1) is 14.9. The summed E-state index contributed by atoms with van der Waals surface area (Å²) in [5, 5.41) is 4.79. The van der Waals surface area contributed by atoms with Gasteiger partial charge in [-0.2, -0.15) is 0 Å². The van der Waals surface area contributed by atoms with Crippen molar-refractivity contribution in [3.8, 4) is 0 Å². The molecule has 1 atom stereocenters. The molecule has 0 aliphatic rings. The van der Waals surface area contributed by atoms with Crippen molar-refractivity contribution in [3.05, 3.63) is 0 Å². The molecule has 0 aliphatic carbocycles. The number of primary sulfonamides is 1. The third kappa shape index (κ3) is 5.51. The minimum absolute atomic E-state index is 0.588. The monoisotopic (exact) mass is 369 g/mol. The maximum atomic E-state index is 10.7. The zero-order chi connectivity index (χ0) is 10.9. The lowest BCUT2D eigenvalue weighted by atomic mass is 10.9. The van der Waals surface area contributed by atoms with Gasteiger partial charge in [0, 0.05) is 0 Å². The molecule has 0 heterocycles. The van der Waals surface area contributed by atoms with Crippen LogP contribution in [-0.4, -0.2) is 20.4 Å². The van der Waals surface area contributed by atoms with E-state index in [0.29, 0.717) is 11.8 Å². The van der Waals surface area contributed by atoms with Crippen LogP contribution in [0, 0.1) is 0 Å². The summed E-state index contributed by atoms with van der Waals surface area (Å²) in [6, 6.07) is 0. The highest BCUT2D eigenvalue weighted by atomic mass is 79.9. The minimum Gasteiger partial charge on any atom is -0.227 e. The fraction of sp³-hybridized carbons (Fsp3) is 1.00. The van der Waals surface area contributed by atoms with Crippen LogP contribution in [0.1, 0.15) is 0 Å². The molecule has 0 radical (unpaired) electrons. The molecule has 10 heteroatoms. The minimum atomic E-state index is -3.78. The highest BCUT2D eigenvalue weighted by Crippen LogP contribution is 2.46. The van der Waals surface area contributed by atoms with Crippen molar-refractivity contribution in [2.75, 3.05) is 0 Å². The van der Waals surface area contributed by atoms with Crippen molar-refractivity contribution in [1.29, 1.82) is 0 Å². The second kappa shape index (κ2) is 5.30. The molecule has 0 bridgehead atoms. The Kier molecular flexibility index (Phi) is 6.07. The van der Waals surface area contributed by atoms with Crippen molar-refractivity contribution in [3.63, 3.8) is 0 Å². The summed E-state index contributed by atoms with van der Waals surface area (Å²) < 4.78 is 18.7. The second-order valence-electron chi connectivity index (χ2n) is 1.84. The number of hydrogen-bond acceptors (Lipinski definition) is 3. The van der Waals surface area contributed by atoms with Crippen molar-refractivity contribution >= 4 is 84.1 Å². The molecule has 0 aromatic carbocycles. The van der Waals surface area contributed by atoms with E-state index in [1.54, 1.807) is 0 Å². The molecule has 0 spiro atoms. The van der Waals surface area contributed by atoms with Gasteiger partial charge in [-0.1, -0.05) is 50.9 Å². The van der Waals surface area contributed by atoms with Crippen LogP contribution in [0.3, 0.4) is 0 Å². The molecule has 13 heavy (non-hydrogen) atoms. The Morgan fingerprint density at radius 1 is 1.38 bits per heavy atom. The topological polar surface area (TPSA) is 60.2 Å². The van der Waals surface area contributed by atoms with Gasteiger partial charge in [-0.05, 0) is 0 Å². The Bertz CT molecular complexity index is 269. The highest BCUT2D eigenvalue weighted by molar-refractivity contribution is 9.13. The van der Waals surface area contributed by atoms with Crippen molar-refractivity contribution in [2.45, 2.75) is 12.0 Å². The fourth-order valence-corrected chi connectivity index (χ4v) is 4.27. The summed E-state index contributed by atoms with van der Waals surface area (Å²) in [6.45, 7) is 0. The number of hydrogen-bond donors (Lipinski definition) is 1. The van der Waals surface area contributed by atoms with Gasteiger partial charge in [0.25, 0.3) is 0 Å². The van der Waals surface area contributed by atoms with E-state index in [2.05, 4.69) is 15.9 Å². The first-order valence-corrected chi connectivity index (χ1v) is 7.60. The molecular weight excluding hydrogens is 368 g/mol. The summed E-state index contributed by atoms with van der Waals surface area (Å²) in [5.41, 5.74) is 0. The van der Waals surface area contributed by atoms with Crippen molar-refractivity contribution in [2.24, 2.45) is 5.14 Å². The Labute approximate surface area is 109 Å². The van der Waals surface area contributed by atoms with Gasteiger partial charge in [-0.3, -0.25) is 0 Å². The maximum Gasteiger partial charge on any atom is 0.231 e. The van der Waals surface area contributed by atoms with Gasteiger partial charge in [-0.25, -0.2) is 13.6 Å². The lowest BCUT2D eigenvalue weighted by Gasteiger charge is -2.21. The van der Waals surface area contributed by atoms with Gasteiger partial charge in [0.1, 0.15) is 4.84 Å². The van der Waals surface area contributed by atoms with E-state index in [1.165, 1.54) is 0 Å². The normalized spacial score (nSPS) is 16.2. The van der Waals surface area contributed by atoms with E-state index in [9.17, 15) is 8.42 Å². The number of halogens is 5. The molecular formula is C3H4BrCl4NO2S2. The lowest BCUT2D eigenvalue weighted by Crippen LogP contribution is -2.27. The van der Waals surface area contributed by atoms with Crippen LogP contribution in [0.15, 0.2) is 0 Å². The molecule has 1 unspecified atom stereocenters. The van der Waals surface area contributed by atoms with Gasteiger partial charge < -0.3 is 0 Å². The first-order valence-electron chi connectivity index (χ1n) is 2.57. The zero-order valence-electron chi connectivity index (χ0n) is 5.75. The summed E-state index contributed by atoms with van der Waals surface area (Å²) in [6.07, 6.45) is 0. The van der Waals surface area contributed by atoms with Crippen LogP contribution in [0.2, 0.25) is 0 Å². The smallest absolute Gasteiger partial charge is 0.227 e.